The normalized spacial score (nSPS) is 13.3. The molecule has 5 heteroatoms. The van der Waals surface area contributed by atoms with Crippen molar-refractivity contribution in [2.45, 2.75) is 25.8 Å². The Morgan fingerprint density at radius 1 is 1.16 bits per heavy atom. The zero-order valence-electron chi connectivity index (χ0n) is 14.4. The molecule has 130 valence electrons. The van der Waals surface area contributed by atoms with E-state index in [-0.39, 0.29) is 17.5 Å². The number of esters is 1. The fourth-order valence-electron chi connectivity index (χ4n) is 3.26. The minimum atomic E-state index is -0.373. The van der Waals surface area contributed by atoms with E-state index in [1.807, 2.05) is 24.1 Å². The first-order valence-corrected chi connectivity index (χ1v) is 8.27. The van der Waals surface area contributed by atoms with Crippen LogP contribution in [0, 0.1) is 0 Å². The number of ether oxygens (including phenoxy) is 1. The Bertz CT molecular complexity index is 811. The molecule has 1 N–H and O–H groups in total. The Labute approximate surface area is 146 Å². The second-order valence-electron chi connectivity index (χ2n) is 6.26. The second kappa shape index (κ2) is 6.97. The zero-order chi connectivity index (χ0) is 18.0. The van der Waals surface area contributed by atoms with Gasteiger partial charge >= 0.3 is 5.97 Å². The molecule has 0 heterocycles. The summed E-state index contributed by atoms with van der Waals surface area (Å²) in [5.41, 5.74) is 3.88. The van der Waals surface area contributed by atoms with Crippen molar-refractivity contribution in [3.63, 3.8) is 0 Å². The lowest BCUT2D eigenvalue weighted by Crippen LogP contribution is -2.20. The van der Waals surface area contributed by atoms with Gasteiger partial charge in [0.25, 0.3) is 0 Å². The van der Waals surface area contributed by atoms with Gasteiger partial charge in [-0.25, -0.2) is 4.79 Å². The maximum Gasteiger partial charge on any atom is 0.337 e. The molecule has 0 aliphatic heterocycles. The van der Waals surface area contributed by atoms with Crippen molar-refractivity contribution in [2.24, 2.45) is 0 Å². The second-order valence-corrected chi connectivity index (χ2v) is 6.26. The van der Waals surface area contributed by atoms with Crippen molar-refractivity contribution < 1.29 is 19.4 Å². The van der Waals surface area contributed by atoms with E-state index in [2.05, 4.69) is 0 Å². The van der Waals surface area contributed by atoms with Gasteiger partial charge in [-0.05, 0) is 54.8 Å². The zero-order valence-corrected chi connectivity index (χ0v) is 14.4. The number of phenols is 1. The molecule has 25 heavy (non-hydrogen) atoms. The van der Waals surface area contributed by atoms with Gasteiger partial charge in [-0.15, -0.1) is 0 Å². The molecule has 3 rings (SSSR count). The van der Waals surface area contributed by atoms with E-state index < -0.39 is 0 Å². The first-order valence-electron chi connectivity index (χ1n) is 8.27. The van der Waals surface area contributed by atoms with Crippen molar-refractivity contribution in [3.05, 3.63) is 58.7 Å². The highest BCUT2D eigenvalue weighted by Crippen LogP contribution is 2.32. The number of rotatable bonds is 4. The van der Waals surface area contributed by atoms with E-state index >= 15 is 0 Å². The topological polar surface area (TPSA) is 66.8 Å². The minimum Gasteiger partial charge on any atom is -0.508 e. The highest BCUT2D eigenvalue weighted by molar-refractivity contribution is 5.99. The molecular weight excluding hydrogens is 318 g/mol. The fraction of sp³-hybridized carbons (Fsp3) is 0.300. The molecule has 0 radical (unpaired) electrons. The summed E-state index contributed by atoms with van der Waals surface area (Å²) in [7, 11) is 3.27. The summed E-state index contributed by atoms with van der Waals surface area (Å²) in [6.45, 7) is 0.486. The van der Waals surface area contributed by atoms with E-state index in [1.54, 1.807) is 24.3 Å². The lowest BCUT2D eigenvalue weighted by molar-refractivity contribution is 0.0600. The van der Waals surface area contributed by atoms with E-state index in [4.69, 9.17) is 4.74 Å². The smallest absolute Gasteiger partial charge is 0.337 e. The maximum atomic E-state index is 12.1. The van der Waals surface area contributed by atoms with Crippen LogP contribution in [-0.4, -0.2) is 31.0 Å². The van der Waals surface area contributed by atoms with Crippen LogP contribution in [0.5, 0.6) is 5.75 Å². The number of carbonyl (C=O) groups excluding carboxylic acids is 2. The van der Waals surface area contributed by atoms with Crippen LogP contribution in [0.3, 0.4) is 0 Å². The molecule has 1 aliphatic carbocycles. The average Bonchev–Trinajstić information content (AvgIpc) is 2.63. The van der Waals surface area contributed by atoms with E-state index in [1.165, 1.54) is 7.11 Å². The Balaban J connectivity index is 1.86. The third kappa shape index (κ3) is 3.36. The van der Waals surface area contributed by atoms with Gasteiger partial charge in [0.05, 0.1) is 12.7 Å². The average molecular weight is 339 g/mol. The standard InChI is InChI=1S/C20H21NO4/c1-21(14-8-6-13(7-9-14)20(24)25-2)12-17-15-4-3-5-18(22)16(15)10-11-19(17)23/h6-11,23H,3-5,12H2,1-2H3. The summed E-state index contributed by atoms with van der Waals surface area (Å²) in [5.74, 6) is -0.0125. The van der Waals surface area contributed by atoms with Gasteiger partial charge in [-0.1, -0.05) is 0 Å². The number of fused-ring (bicyclic) bond motifs is 1. The van der Waals surface area contributed by atoms with Crippen LogP contribution in [-0.2, 0) is 17.7 Å². The number of ketones is 1. The molecule has 0 atom stereocenters. The van der Waals surface area contributed by atoms with Crippen molar-refractivity contribution >= 4 is 17.4 Å². The third-order valence-electron chi connectivity index (χ3n) is 4.66. The maximum absolute atomic E-state index is 12.1. The highest BCUT2D eigenvalue weighted by atomic mass is 16.5. The van der Waals surface area contributed by atoms with Gasteiger partial charge in [-0.2, -0.15) is 0 Å². The number of phenolic OH excluding ortho intramolecular Hbond substituents is 1. The summed E-state index contributed by atoms with van der Waals surface area (Å²) < 4.78 is 4.70. The van der Waals surface area contributed by atoms with Gasteiger partial charge < -0.3 is 14.7 Å². The first kappa shape index (κ1) is 17.0. The molecule has 0 spiro atoms. The Morgan fingerprint density at radius 3 is 2.56 bits per heavy atom. The number of nitrogens with zero attached hydrogens (tertiary/aromatic N) is 1. The molecule has 0 bridgehead atoms. The van der Waals surface area contributed by atoms with Gasteiger partial charge in [0, 0.05) is 36.8 Å². The molecule has 0 aromatic heterocycles. The summed E-state index contributed by atoms with van der Waals surface area (Å²) in [6, 6.07) is 10.4. The van der Waals surface area contributed by atoms with Gasteiger partial charge in [0.1, 0.15) is 5.75 Å². The van der Waals surface area contributed by atoms with Crippen LogP contribution in [0.1, 0.15) is 44.7 Å². The van der Waals surface area contributed by atoms with Gasteiger partial charge in [0.15, 0.2) is 5.78 Å². The molecular formula is C20H21NO4. The Kier molecular flexibility index (Phi) is 4.74. The number of hydrogen-bond donors (Lipinski definition) is 1. The van der Waals surface area contributed by atoms with Crippen LogP contribution in [0.15, 0.2) is 36.4 Å². The summed E-state index contributed by atoms with van der Waals surface area (Å²) in [5, 5.41) is 10.3. The quantitative estimate of drug-likeness (QED) is 0.866. The molecule has 0 saturated carbocycles. The van der Waals surface area contributed by atoms with E-state index in [9.17, 15) is 14.7 Å². The van der Waals surface area contributed by atoms with E-state index in [0.717, 1.165) is 35.2 Å². The van der Waals surface area contributed by atoms with Crippen LogP contribution < -0.4 is 4.90 Å². The molecule has 1 aliphatic rings. The van der Waals surface area contributed by atoms with Crippen LogP contribution >= 0.6 is 0 Å². The van der Waals surface area contributed by atoms with Crippen molar-refractivity contribution in [1.82, 2.24) is 0 Å². The summed E-state index contributed by atoms with van der Waals surface area (Å²) in [6.07, 6.45) is 2.20. The molecule has 0 unspecified atom stereocenters. The summed E-state index contributed by atoms with van der Waals surface area (Å²) in [4.78, 5) is 25.6. The number of aromatic hydroxyl groups is 1. The SMILES string of the molecule is COC(=O)c1ccc(N(C)Cc2c(O)ccc3c2CCCC3=O)cc1. The third-order valence-corrected chi connectivity index (χ3v) is 4.66. The van der Waals surface area contributed by atoms with Crippen molar-refractivity contribution in [2.75, 3.05) is 19.1 Å². The highest BCUT2D eigenvalue weighted by Gasteiger charge is 2.22. The predicted molar refractivity (Wildman–Crippen MR) is 95.3 cm³/mol. The Morgan fingerprint density at radius 2 is 1.88 bits per heavy atom. The monoisotopic (exact) mass is 339 g/mol. The van der Waals surface area contributed by atoms with Gasteiger partial charge in [0.2, 0.25) is 0 Å². The molecule has 0 amide bonds. The first-order chi connectivity index (χ1) is 12.0. The van der Waals surface area contributed by atoms with Crippen LogP contribution in [0.2, 0.25) is 0 Å². The largest absolute Gasteiger partial charge is 0.508 e. The molecule has 5 nitrogen and oxygen atoms in total. The van der Waals surface area contributed by atoms with Crippen LogP contribution in [0.25, 0.3) is 0 Å². The number of Topliss-reactive ketones (excluding diaryl/α,β-unsaturated/α-hetero) is 1. The predicted octanol–water partition coefficient (Wildman–Crippen LogP) is 3.33. The number of carbonyl (C=O) groups is 2. The van der Waals surface area contributed by atoms with E-state index in [0.29, 0.717) is 18.5 Å². The molecule has 0 saturated heterocycles. The van der Waals surface area contributed by atoms with Crippen molar-refractivity contribution in [1.29, 1.82) is 0 Å². The number of benzene rings is 2. The fourth-order valence-corrected chi connectivity index (χ4v) is 3.26. The number of methoxy groups -OCH3 is 1. The lowest BCUT2D eigenvalue weighted by Gasteiger charge is -2.25. The molecule has 2 aromatic carbocycles. The minimum absolute atomic E-state index is 0.146. The lowest BCUT2D eigenvalue weighted by atomic mass is 9.86. The summed E-state index contributed by atoms with van der Waals surface area (Å²) >= 11 is 0. The number of anilines is 1. The molecule has 2 aromatic rings. The van der Waals surface area contributed by atoms with Crippen molar-refractivity contribution in [3.8, 4) is 5.75 Å². The van der Waals surface area contributed by atoms with Gasteiger partial charge in [-0.3, -0.25) is 4.79 Å². The Hall–Kier alpha value is -2.82. The van der Waals surface area contributed by atoms with Crippen LogP contribution in [0.4, 0.5) is 5.69 Å². The molecule has 0 fully saturated rings. The number of hydrogen-bond acceptors (Lipinski definition) is 5.